The molecule has 0 atom stereocenters. The summed E-state index contributed by atoms with van der Waals surface area (Å²) in [7, 11) is -4.26. The highest BCUT2D eigenvalue weighted by atomic mass is 32.2. The number of hydrogen-bond donors (Lipinski definition) is 0. The summed E-state index contributed by atoms with van der Waals surface area (Å²) in [6.07, 6.45) is 0. The van der Waals surface area contributed by atoms with Gasteiger partial charge in [-0.2, -0.15) is 8.78 Å². The zero-order valence-corrected chi connectivity index (χ0v) is 12.2. The Morgan fingerprint density at radius 1 is 0.955 bits per heavy atom. The van der Waals surface area contributed by atoms with Crippen molar-refractivity contribution in [1.82, 2.24) is 10.2 Å². The maximum Gasteiger partial charge on any atom is 0.242 e. The van der Waals surface area contributed by atoms with Gasteiger partial charge < -0.3 is 4.74 Å². The van der Waals surface area contributed by atoms with E-state index in [0.29, 0.717) is 16.3 Å². The van der Waals surface area contributed by atoms with Gasteiger partial charge in [-0.25, -0.2) is 21.6 Å². The smallest absolute Gasteiger partial charge is 0.242 e. The second kappa shape index (κ2) is 5.76. The van der Waals surface area contributed by atoms with Crippen LogP contribution in [0.15, 0.2) is 4.34 Å². The molecule has 0 N–H and O–H groups in total. The summed E-state index contributed by atoms with van der Waals surface area (Å²) in [4.78, 5) is 0. The predicted molar refractivity (Wildman–Crippen MR) is 63.6 cm³/mol. The molecule has 1 heterocycles. The number of aromatic nitrogens is 2. The lowest BCUT2D eigenvalue weighted by atomic mass is 10.3. The standard InChI is InChI=1S/C10H5F5N2O3S2/c1-3-16-17-10(21-3)22(18,19)2-20-9-7(14)5(12)4(11)6(13)8(9)15/h2H2,1H3. The molecule has 12 heteroatoms. The lowest BCUT2D eigenvalue weighted by Gasteiger charge is -2.09. The highest BCUT2D eigenvalue weighted by Crippen LogP contribution is 2.29. The van der Waals surface area contributed by atoms with Crippen LogP contribution in [0.3, 0.4) is 0 Å². The summed E-state index contributed by atoms with van der Waals surface area (Å²) in [6, 6.07) is 0. The third-order valence-electron chi connectivity index (χ3n) is 2.30. The zero-order valence-electron chi connectivity index (χ0n) is 10.5. The third kappa shape index (κ3) is 2.88. The normalized spacial score (nSPS) is 11.7. The summed E-state index contributed by atoms with van der Waals surface area (Å²) in [6.45, 7) is 1.46. The van der Waals surface area contributed by atoms with Gasteiger partial charge in [-0.15, -0.1) is 10.2 Å². The minimum atomic E-state index is -4.26. The Hall–Kier alpha value is -1.82. The highest BCUT2D eigenvalue weighted by Gasteiger charge is 2.29. The molecule has 22 heavy (non-hydrogen) atoms. The predicted octanol–water partition coefficient (Wildman–Crippen LogP) is 2.35. The van der Waals surface area contributed by atoms with Crippen molar-refractivity contribution < 1.29 is 35.1 Å². The van der Waals surface area contributed by atoms with Crippen LogP contribution >= 0.6 is 11.3 Å². The van der Waals surface area contributed by atoms with Crippen molar-refractivity contribution >= 4 is 21.2 Å². The van der Waals surface area contributed by atoms with Gasteiger partial charge in [0, 0.05) is 0 Å². The van der Waals surface area contributed by atoms with Gasteiger partial charge in [0.1, 0.15) is 5.01 Å². The first-order valence-electron chi connectivity index (χ1n) is 5.32. The summed E-state index contributed by atoms with van der Waals surface area (Å²) in [5.41, 5.74) is 0. The van der Waals surface area contributed by atoms with Crippen molar-refractivity contribution in [1.29, 1.82) is 0 Å². The first-order chi connectivity index (χ1) is 10.1. The van der Waals surface area contributed by atoms with Gasteiger partial charge in [-0.1, -0.05) is 11.3 Å². The quantitative estimate of drug-likeness (QED) is 0.476. The number of benzene rings is 1. The minimum Gasteiger partial charge on any atom is -0.471 e. The Bertz CT molecular complexity index is 808. The maximum absolute atomic E-state index is 13.3. The Kier molecular flexibility index (Phi) is 4.33. The molecule has 120 valence electrons. The van der Waals surface area contributed by atoms with Gasteiger partial charge in [0.2, 0.25) is 43.3 Å². The monoisotopic (exact) mass is 360 g/mol. The van der Waals surface area contributed by atoms with E-state index < -0.39 is 55.0 Å². The minimum absolute atomic E-state index is 0.301. The van der Waals surface area contributed by atoms with Crippen LogP contribution < -0.4 is 4.74 Å². The molecular weight excluding hydrogens is 355 g/mol. The fraction of sp³-hybridized carbons (Fsp3) is 0.200. The third-order valence-corrected chi connectivity index (χ3v) is 4.99. The molecule has 0 saturated carbocycles. The summed E-state index contributed by atoms with van der Waals surface area (Å²) in [5, 5.41) is 7.03. The van der Waals surface area contributed by atoms with E-state index in [2.05, 4.69) is 14.9 Å². The van der Waals surface area contributed by atoms with Gasteiger partial charge in [-0.3, -0.25) is 0 Å². The average Bonchev–Trinajstić information content (AvgIpc) is 2.90. The fourth-order valence-electron chi connectivity index (χ4n) is 1.30. The number of aryl methyl sites for hydroxylation is 1. The molecule has 0 aliphatic heterocycles. The van der Waals surface area contributed by atoms with Gasteiger partial charge in [0.05, 0.1) is 0 Å². The molecule has 0 unspecified atom stereocenters. The number of ether oxygens (including phenoxy) is 1. The molecule has 0 spiro atoms. The Labute approximate surface area is 124 Å². The Morgan fingerprint density at radius 2 is 1.45 bits per heavy atom. The fourth-order valence-corrected chi connectivity index (χ4v) is 3.27. The van der Waals surface area contributed by atoms with Crippen molar-refractivity contribution in [3.8, 4) is 5.75 Å². The largest absolute Gasteiger partial charge is 0.471 e. The van der Waals surface area contributed by atoms with Crippen LogP contribution in [-0.2, 0) is 9.84 Å². The number of halogens is 5. The van der Waals surface area contributed by atoms with Crippen molar-refractivity contribution in [3.05, 3.63) is 34.1 Å². The molecule has 0 aliphatic rings. The topological polar surface area (TPSA) is 69.2 Å². The van der Waals surface area contributed by atoms with Crippen LogP contribution in [0.1, 0.15) is 5.01 Å². The van der Waals surface area contributed by atoms with Crippen LogP contribution in [0, 0.1) is 36.0 Å². The molecule has 2 aromatic rings. The molecule has 0 aliphatic carbocycles. The second-order valence-corrected chi connectivity index (χ2v) is 7.15. The SMILES string of the molecule is Cc1nnc(S(=O)(=O)COc2c(F)c(F)c(F)c(F)c2F)s1. The second-order valence-electron chi connectivity index (χ2n) is 3.86. The molecule has 5 nitrogen and oxygen atoms in total. The summed E-state index contributed by atoms with van der Waals surface area (Å²) in [5.74, 6) is -14.4. The van der Waals surface area contributed by atoms with Gasteiger partial charge in [0.15, 0.2) is 11.7 Å². The van der Waals surface area contributed by atoms with E-state index in [9.17, 15) is 30.4 Å². The number of hydrogen-bond acceptors (Lipinski definition) is 6. The number of rotatable bonds is 4. The molecule has 2 rings (SSSR count). The van der Waals surface area contributed by atoms with Crippen molar-refractivity contribution in [3.63, 3.8) is 0 Å². The van der Waals surface area contributed by atoms with Gasteiger partial charge in [0.25, 0.3) is 0 Å². The number of sulfone groups is 1. The van der Waals surface area contributed by atoms with E-state index in [-0.39, 0.29) is 0 Å². The van der Waals surface area contributed by atoms with Crippen LogP contribution in [0.4, 0.5) is 22.0 Å². The van der Waals surface area contributed by atoms with Crippen LogP contribution in [-0.4, -0.2) is 24.6 Å². The van der Waals surface area contributed by atoms with Crippen LogP contribution in [0.5, 0.6) is 5.75 Å². The highest BCUT2D eigenvalue weighted by molar-refractivity contribution is 7.93. The number of nitrogens with zero attached hydrogens (tertiary/aromatic N) is 2. The average molecular weight is 360 g/mol. The van der Waals surface area contributed by atoms with Crippen LogP contribution in [0.2, 0.25) is 0 Å². The first-order valence-corrected chi connectivity index (χ1v) is 7.79. The molecule has 1 aromatic carbocycles. The molecule has 0 bridgehead atoms. The zero-order chi connectivity index (χ0) is 16.7. The van der Waals surface area contributed by atoms with Gasteiger partial charge in [-0.05, 0) is 6.92 Å². The Balaban J connectivity index is 2.33. The van der Waals surface area contributed by atoms with E-state index in [1.807, 2.05) is 0 Å². The van der Waals surface area contributed by atoms with E-state index in [1.165, 1.54) is 6.92 Å². The van der Waals surface area contributed by atoms with Crippen LogP contribution in [0.25, 0.3) is 0 Å². The van der Waals surface area contributed by atoms with Crippen molar-refractivity contribution in [2.45, 2.75) is 11.3 Å². The molecule has 1 aromatic heterocycles. The molecule has 0 amide bonds. The van der Waals surface area contributed by atoms with Crippen molar-refractivity contribution in [2.24, 2.45) is 0 Å². The lowest BCUT2D eigenvalue weighted by molar-refractivity contribution is 0.296. The van der Waals surface area contributed by atoms with E-state index in [1.54, 1.807) is 0 Å². The maximum atomic E-state index is 13.3. The molecule has 0 radical (unpaired) electrons. The molecule has 0 saturated heterocycles. The molecule has 0 fully saturated rings. The van der Waals surface area contributed by atoms with E-state index in [4.69, 9.17) is 0 Å². The van der Waals surface area contributed by atoms with Gasteiger partial charge >= 0.3 is 0 Å². The Morgan fingerprint density at radius 3 is 1.91 bits per heavy atom. The van der Waals surface area contributed by atoms with E-state index in [0.717, 1.165) is 0 Å². The summed E-state index contributed by atoms with van der Waals surface area (Å²) >= 11 is 0.661. The van der Waals surface area contributed by atoms with E-state index >= 15 is 0 Å². The lowest BCUT2D eigenvalue weighted by Crippen LogP contribution is -2.15. The van der Waals surface area contributed by atoms with Crippen molar-refractivity contribution in [2.75, 3.05) is 5.94 Å². The first kappa shape index (κ1) is 16.5. The molecular formula is C10H5F5N2O3S2. The summed E-state index contributed by atoms with van der Waals surface area (Å²) < 4.78 is 92.6.